The molecule has 0 saturated heterocycles. The van der Waals surface area contributed by atoms with Gasteiger partial charge in [0.15, 0.2) is 5.69 Å². The highest BCUT2D eigenvalue weighted by Gasteiger charge is 2.21. The van der Waals surface area contributed by atoms with Crippen molar-refractivity contribution in [3.05, 3.63) is 21.5 Å². The molecule has 5 nitrogen and oxygen atoms in total. The van der Waals surface area contributed by atoms with Crippen molar-refractivity contribution in [3.8, 4) is 17.3 Å². The van der Waals surface area contributed by atoms with E-state index >= 15 is 0 Å². The summed E-state index contributed by atoms with van der Waals surface area (Å²) in [6, 6.07) is 2.02. The van der Waals surface area contributed by atoms with Gasteiger partial charge in [-0.3, -0.25) is 9.36 Å². The number of rotatable bonds is 1. The Bertz CT molecular complexity index is 572. The van der Waals surface area contributed by atoms with E-state index in [9.17, 15) is 0 Å². The summed E-state index contributed by atoms with van der Waals surface area (Å²) in [5.74, 6) is 0. The molecule has 0 atom stereocenters. The van der Waals surface area contributed by atoms with Crippen molar-refractivity contribution in [1.82, 2.24) is 19.6 Å². The largest absolute Gasteiger partial charge is 0.267 e. The van der Waals surface area contributed by atoms with E-state index < -0.39 is 0 Å². The monoisotopic (exact) mass is 299 g/mol. The first-order valence-electron chi connectivity index (χ1n) is 4.36. The maximum absolute atomic E-state index is 9.01. The van der Waals surface area contributed by atoms with E-state index in [1.807, 2.05) is 6.07 Å². The lowest BCUT2D eigenvalue weighted by Gasteiger charge is -2.01. The van der Waals surface area contributed by atoms with Crippen LogP contribution in [0.1, 0.15) is 5.69 Å². The third-order valence-electron chi connectivity index (χ3n) is 2.21. The fraction of sp³-hybridized carbons (Fsp3) is 0.222. The van der Waals surface area contributed by atoms with E-state index in [0.717, 1.165) is 10.2 Å². The second-order valence-corrected chi connectivity index (χ2v) is 4.43. The van der Waals surface area contributed by atoms with E-state index in [0.29, 0.717) is 10.7 Å². The van der Waals surface area contributed by atoms with E-state index in [4.69, 9.17) is 16.9 Å². The minimum atomic E-state index is 0.289. The first kappa shape index (κ1) is 11.2. The van der Waals surface area contributed by atoms with Gasteiger partial charge in [0.05, 0.1) is 21.9 Å². The standard InChI is InChI=1S/C9H7BrClN5/c1-15-8(5(10)4-13-15)7-6(3-12)14-16(2)9(7)11/h4H,1-2H3. The van der Waals surface area contributed by atoms with Gasteiger partial charge in [0.2, 0.25) is 0 Å². The van der Waals surface area contributed by atoms with Crippen LogP contribution in [-0.2, 0) is 14.1 Å². The highest BCUT2D eigenvalue weighted by Crippen LogP contribution is 2.34. The lowest BCUT2D eigenvalue weighted by atomic mass is 10.2. The summed E-state index contributed by atoms with van der Waals surface area (Å²) >= 11 is 9.49. The Morgan fingerprint density at radius 2 is 2.12 bits per heavy atom. The highest BCUT2D eigenvalue weighted by molar-refractivity contribution is 9.10. The molecule has 2 aromatic heterocycles. The normalized spacial score (nSPS) is 10.4. The zero-order chi connectivity index (χ0) is 11.9. The van der Waals surface area contributed by atoms with Gasteiger partial charge >= 0.3 is 0 Å². The molecule has 0 aliphatic rings. The zero-order valence-corrected chi connectivity index (χ0v) is 10.9. The number of aromatic nitrogens is 4. The summed E-state index contributed by atoms with van der Waals surface area (Å²) in [6.07, 6.45) is 1.65. The molecule has 16 heavy (non-hydrogen) atoms. The second-order valence-electron chi connectivity index (χ2n) is 3.21. The average molecular weight is 301 g/mol. The molecule has 2 rings (SSSR count). The van der Waals surface area contributed by atoms with Crippen molar-refractivity contribution in [2.75, 3.05) is 0 Å². The van der Waals surface area contributed by atoms with Crippen LogP contribution in [0.15, 0.2) is 10.7 Å². The molecule has 0 radical (unpaired) electrons. The van der Waals surface area contributed by atoms with Gasteiger partial charge in [0, 0.05) is 14.1 Å². The Balaban J connectivity index is 2.79. The minimum absolute atomic E-state index is 0.289. The molecule has 0 N–H and O–H groups in total. The maximum atomic E-state index is 9.01. The van der Waals surface area contributed by atoms with Gasteiger partial charge in [-0.25, -0.2) is 0 Å². The molecule has 0 amide bonds. The van der Waals surface area contributed by atoms with Gasteiger partial charge in [0.25, 0.3) is 0 Å². The SMILES string of the molecule is Cn1nc(C#N)c(-c2c(Br)cnn2C)c1Cl. The van der Waals surface area contributed by atoms with Crippen LogP contribution in [0.2, 0.25) is 5.15 Å². The predicted octanol–water partition coefficient (Wildman–Crippen LogP) is 2.11. The fourth-order valence-corrected chi connectivity index (χ4v) is 2.25. The van der Waals surface area contributed by atoms with Gasteiger partial charge in [0.1, 0.15) is 11.2 Å². The first-order valence-corrected chi connectivity index (χ1v) is 5.53. The Kier molecular flexibility index (Phi) is 2.74. The third-order valence-corrected chi connectivity index (χ3v) is 3.23. The topological polar surface area (TPSA) is 59.4 Å². The average Bonchev–Trinajstić information content (AvgIpc) is 2.71. The van der Waals surface area contributed by atoms with Crippen LogP contribution in [0.5, 0.6) is 0 Å². The van der Waals surface area contributed by atoms with E-state index in [-0.39, 0.29) is 5.69 Å². The Labute approximate surface area is 105 Å². The molecular formula is C9H7BrClN5. The Hall–Kier alpha value is -1.32. The molecule has 0 bridgehead atoms. The van der Waals surface area contributed by atoms with Gasteiger partial charge in [-0.15, -0.1) is 0 Å². The summed E-state index contributed by atoms with van der Waals surface area (Å²) in [5, 5.41) is 17.5. The molecule has 0 aliphatic heterocycles. The van der Waals surface area contributed by atoms with Gasteiger partial charge < -0.3 is 0 Å². The van der Waals surface area contributed by atoms with Crippen LogP contribution in [0.25, 0.3) is 11.3 Å². The summed E-state index contributed by atoms with van der Waals surface area (Å²) in [5.41, 5.74) is 1.63. The van der Waals surface area contributed by atoms with Gasteiger partial charge in [-0.2, -0.15) is 15.5 Å². The molecule has 7 heteroatoms. The van der Waals surface area contributed by atoms with Crippen molar-refractivity contribution < 1.29 is 0 Å². The van der Waals surface area contributed by atoms with E-state index in [1.165, 1.54) is 4.68 Å². The molecule has 82 valence electrons. The molecule has 0 aliphatic carbocycles. The van der Waals surface area contributed by atoms with Gasteiger partial charge in [-0.05, 0) is 15.9 Å². The van der Waals surface area contributed by atoms with Crippen LogP contribution in [0.4, 0.5) is 0 Å². The molecular weight excluding hydrogens is 293 g/mol. The number of nitriles is 1. The predicted molar refractivity (Wildman–Crippen MR) is 62.8 cm³/mol. The van der Waals surface area contributed by atoms with Crippen LogP contribution >= 0.6 is 27.5 Å². The summed E-state index contributed by atoms with van der Waals surface area (Å²) < 4.78 is 3.89. The van der Waals surface area contributed by atoms with Crippen LogP contribution < -0.4 is 0 Å². The van der Waals surface area contributed by atoms with Crippen molar-refractivity contribution in [2.45, 2.75) is 0 Å². The van der Waals surface area contributed by atoms with Crippen LogP contribution in [0.3, 0.4) is 0 Å². The number of hydrogen-bond donors (Lipinski definition) is 0. The molecule has 0 fully saturated rings. The number of halogens is 2. The molecule has 0 unspecified atom stereocenters. The number of hydrogen-bond acceptors (Lipinski definition) is 3. The Morgan fingerprint density at radius 1 is 1.44 bits per heavy atom. The van der Waals surface area contributed by atoms with E-state index in [1.54, 1.807) is 25.0 Å². The molecule has 0 aromatic carbocycles. The molecule has 2 aromatic rings. The van der Waals surface area contributed by atoms with Crippen molar-refractivity contribution in [3.63, 3.8) is 0 Å². The summed E-state index contributed by atoms with van der Waals surface area (Å²) in [7, 11) is 3.47. The lowest BCUT2D eigenvalue weighted by molar-refractivity contribution is 0.763. The zero-order valence-electron chi connectivity index (χ0n) is 8.57. The highest BCUT2D eigenvalue weighted by atomic mass is 79.9. The minimum Gasteiger partial charge on any atom is -0.267 e. The fourth-order valence-electron chi connectivity index (χ4n) is 1.48. The number of aryl methyl sites for hydroxylation is 2. The second kappa shape index (κ2) is 3.92. The smallest absolute Gasteiger partial charge is 0.173 e. The maximum Gasteiger partial charge on any atom is 0.173 e. The first-order chi connectivity index (χ1) is 7.56. The van der Waals surface area contributed by atoms with Crippen LogP contribution in [0, 0.1) is 11.3 Å². The van der Waals surface area contributed by atoms with Crippen LogP contribution in [-0.4, -0.2) is 19.6 Å². The quantitative estimate of drug-likeness (QED) is 0.810. The van der Waals surface area contributed by atoms with Crippen molar-refractivity contribution in [1.29, 1.82) is 5.26 Å². The van der Waals surface area contributed by atoms with Crippen molar-refractivity contribution in [2.24, 2.45) is 14.1 Å². The van der Waals surface area contributed by atoms with E-state index in [2.05, 4.69) is 26.1 Å². The lowest BCUT2D eigenvalue weighted by Crippen LogP contribution is -1.95. The Morgan fingerprint density at radius 3 is 2.62 bits per heavy atom. The van der Waals surface area contributed by atoms with Gasteiger partial charge in [-0.1, -0.05) is 11.6 Å². The summed E-state index contributed by atoms with van der Waals surface area (Å²) in [4.78, 5) is 0. The molecule has 0 saturated carbocycles. The third kappa shape index (κ3) is 1.52. The summed E-state index contributed by atoms with van der Waals surface area (Å²) in [6.45, 7) is 0. The molecule has 0 spiro atoms. The number of nitrogens with zero attached hydrogens (tertiary/aromatic N) is 5. The van der Waals surface area contributed by atoms with Crippen molar-refractivity contribution >= 4 is 27.5 Å². The molecule has 2 heterocycles.